The molecule has 4 N–H and O–H groups in total. The lowest BCUT2D eigenvalue weighted by Crippen LogP contribution is -2.60. The van der Waals surface area contributed by atoms with Crippen molar-refractivity contribution in [3.63, 3.8) is 0 Å². The van der Waals surface area contributed by atoms with Gasteiger partial charge in [-0.15, -0.1) is 0 Å². The molecule has 0 amide bonds. The third-order valence-corrected chi connectivity index (χ3v) is 5.57. The minimum Gasteiger partial charge on any atom is -0.497 e. The van der Waals surface area contributed by atoms with Crippen LogP contribution in [0.15, 0.2) is 51.9 Å². The van der Waals surface area contributed by atoms with Gasteiger partial charge in [0.2, 0.25) is 5.43 Å². The molecule has 0 bridgehead atoms. The van der Waals surface area contributed by atoms with Crippen LogP contribution in [-0.4, -0.2) is 72.0 Å². The Hall–Kier alpha value is -3.15. The van der Waals surface area contributed by atoms with E-state index in [1.165, 1.54) is 25.5 Å². The summed E-state index contributed by atoms with van der Waals surface area (Å²) >= 11 is 0. The maximum atomic E-state index is 13.1. The fourth-order valence-corrected chi connectivity index (χ4v) is 3.70. The van der Waals surface area contributed by atoms with Gasteiger partial charge < -0.3 is 43.8 Å². The van der Waals surface area contributed by atoms with Crippen molar-refractivity contribution >= 4 is 11.0 Å². The summed E-state index contributed by atoms with van der Waals surface area (Å²) in [5.74, 6) is 0.838. The van der Waals surface area contributed by atoms with Crippen molar-refractivity contribution in [3.8, 4) is 28.4 Å². The van der Waals surface area contributed by atoms with Crippen LogP contribution in [0.25, 0.3) is 22.1 Å². The van der Waals surface area contributed by atoms with Crippen molar-refractivity contribution in [2.45, 2.75) is 30.7 Å². The number of aliphatic hydroxyl groups excluding tert-OH is 4. The fraction of sp³-hybridized carbons (Fsp3) is 0.348. The zero-order valence-corrected chi connectivity index (χ0v) is 17.9. The van der Waals surface area contributed by atoms with Gasteiger partial charge in [-0.1, -0.05) is 12.1 Å². The summed E-state index contributed by atoms with van der Waals surface area (Å²) in [5.41, 5.74) is 0.866. The van der Waals surface area contributed by atoms with Crippen LogP contribution in [0.3, 0.4) is 0 Å². The van der Waals surface area contributed by atoms with Crippen molar-refractivity contribution in [1.82, 2.24) is 0 Å². The van der Waals surface area contributed by atoms with Crippen LogP contribution < -0.4 is 19.6 Å². The molecule has 2 heterocycles. The first-order valence-corrected chi connectivity index (χ1v) is 10.1. The van der Waals surface area contributed by atoms with Gasteiger partial charge in [-0.3, -0.25) is 4.79 Å². The number of hydrogen-bond donors (Lipinski definition) is 4. The summed E-state index contributed by atoms with van der Waals surface area (Å²) in [6.45, 7) is -0.594. The average Bonchev–Trinajstić information content (AvgIpc) is 2.84. The molecule has 0 spiro atoms. The van der Waals surface area contributed by atoms with Gasteiger partial charge >= 0.3 is 0 Å². The zero-order chi connectivity index (χ0) is 23.7. The second-order valence-corrected chi connectivity index (χ2v) is 7.52. The number of fused-ring (bicyclic) bond motifs is 1. The molecule has 0 unspecified atom stereocenters. The molecule has 10 heteroatoms. The van der Waals surface area contributed by atoms with Gasteiger partial charge in [-0.2, -0.15) is 0 Å². The first-order valence-electron chi connectivity index (χ1n) is 10.1. The van der Waals surface area contributed by atoms with Crippen molar-refractivity contribution < 1.29 is 43.8 Å². The summed E-state index contributed by atoms with van der Waals surface area (Å²) in [4.78, 5) is 13.1. The SMILES string of the molecule is COc1ccc(-c2coc3cc(O[C@@H]4[C@@H](O)[C@H](O)[C@@H](CO)O[C@H]4O)c(OC)cc3c2=O)cc1. The second-order valence-electron chi connectivity index (χ2n) is 7.52. The highest BCUT2D eigenvalue weighted by Gasteiger charge is 2.45. The van der Waals surface area contributed by atoms with Crippen LogP contribution in [0.5, 0.6) is 17.2 Å². The molecule has 4 rings (SSSR count). The van der Waals surface area contributed by atoms with E-state index in [1.807, 2.05) is 0 Å². The Labute approximate surface area is 188 Å². The smallest absolute Gasteiger partial charge is 0.200 e. The van der Waals surface area contributed by atoms with Gasteiger partial charge in [0.05, 0.1) is 31.8 Å². The Morgan fingerprint density at radius 2 is 1.70 bits per heavy atom. The van der Waals surface area contributed by atoms with E-state index >= 15 is 0 Å². The molecule has 10 nitrogen and oxygen atoms in total. The molecule has 0 radical (unpaired) electrons. The normalized spacial score (nSPS) is 25.1. The van der Waals surface area contributed by atoms with Crippen molar-refractivity contribution in [3.05, 3.63) is 52.9 Å². The van der Waals surface area contributed by atoms with E-state index in [9.17, 15) is 25.2 Å². The molecule has 3 aromatic rings. The van der Waals surface area contributed by atoms with Gasteiger partial charge in [-0.25, -0.2) is 0 Å². The maximum absolute atomic E-state index is 13.1. The molecule has 2 aromatic carbocycles. The summed E-state index contributed by atoms with van der Waals surface area (Å²) in [5, 5.41) is 40.1. The van der Waals surface area contributed by atoms with Crippen LogP contribution in [0.2, 0.25) is 0 Å². The van der Waals surface area contributed by atoms with Crippen LogP contribution >= 0.6 is 0 Å². The lowest BCUT2D eigenvalue weighted by atomic mass is 9.99. The summed E-state index contributed by atoms with van der Waals surface area (Å²) in [6.07, 6.45) is -5.91. The highest BCUT2D eigenvalue weighted by Crippen LogP contribution is 2.35. The predicted octanol–water partition coefficient (Wildman–Crippen LogP) is 0.656. The Balaban J connectivity index is 1.70. The Kier molecular flexibility index (Phi) is 6.54. The summed E-state index contributed by atoms with van der Waals surface area (Å²) in [6, 6.07) is 9.76. The van der Waals surface area contributed by atoms with E-state index < -0.39 is 37.3 Å². The van der Waals surface area contributed by atoms with Gasteiger partial charge in [0, 0.05) is 6.07 Å². The minimum absolute atomic E-state index is 0.0479. The van der Waals surface area contributed by atoms with Gasteiger partial charge in [0.1, 0.15) is 35.9 Å². The van der Waals surface area contributed by atoms with Crippen LogP contribution in [0.4, 0.5) is 0 Å². The Bertz CT molecular complexity index is 1170. The molecule has 33 heavy (non-hydrogen) atoms. The lowest BCUT2D eigenvalue weighted by Gasteiger charge is -2.39. The quantitative estimate of drug-likeness (QED) is 0.413. The maximum Gasteiger partial charge on any atom is 0.200 e. The van der Waals surface area contributed by atoms with E-state index in [0.717, 1.165) is 0 Å². The molecule has 176 valence electrons. The standard InChI is InChI=1S/C23H24O10/c1-29-12-5-3-11(4-6-12)14-10-31-15-8-17(16(30-2)7-13(15)19(14)25)32-22-21(27)20(26)18(9-24)33-23(22)28/h3-8,10,18,20-24,26-28H,9H2,1-2H3/t18-,20-,21+,22-,23-/m1/s1. The number of aliphatic hydroxyl groups is 4. The topological polar surface area (TPSA) is 148 Å². The van der Waals surface area contributed by atoms with E-state index in [-0.39, 0.29) is 27.9 Å². The zero-order valence-electron chi connectivity index (χ0n) is 17.9. The lowest BCUT2D eigenvalue weighted by molar-refractivity contribution is -0.280. The van der Waals surface area contributed by atoms with Crippen LogP contribution in [0.1, 0.15) is 0 Å². The number of methoxy groups -OCH3 is 2. The molecule has 1 aliphatic rings. The molecule has 1 saturated heterocycles. The number of benzene rings is 2. The first kappa shape index (κ1) is 23.0. The minimum atomic E-state index is -1.63. The van der Waals surface area contributed by atoms with E-state index in [2.05, 4.69) is 0 Å². The molecular formula is C23H24O10. The van der Waals surface area contributed by atoms with Crippen LogP contribution in [-0.2, 0) is 4.74 Å². The Morgan fingerprint density at radius 3 is 2.33 bits per heavy atom. The third-order valence-electron chi connectivity index (χ3n) is 5.57. The summed E-state index contributed by atoms with van der Waals surface area (Å²) in [7, 11) is 2.91. The first-order chi connectivity index (χ1) is 15.9. The van der Waals surface area contributed by atoms with E-state index in [4.69, 9.17) is 23.4 Å². The van der Waals surface area contributed by atoms with E-state index in [1.54, 1.807) is 31.4 Å². The number of ether oxygens (including phenoxy) is 4. The van der Waals surface area contributed by atoms with Crippen molar-refractivity contribution in [2.75, 3.05) is 20.8 Å². The molecule has 1 fully saturated rings. The number of rotatable bonds is 6. The highest BCUT2D eigenvalue weighted by molar-refractivity contribution is 5.84. The largest absolute Gasteiger partial charge is 0.497 e. The van der Waals surface area contributed by atoms with Gasteiger partial charge in [-0.05, 0) is 23.8 Å². The van der Waals surface area contributed by atoms with Crippen molar-refractivity contribution in [2.24, 2.45) is 0 Å². The van der Waals surface area contributed by atoms with Gasteiger partial charge in [0.25, 0.3) is 0 Å². The average molecular weight is 460 g/mol. The van der Waals surface area contributed by atoms with E-state index in [0.29, 0.717) is 16.9 Å². The molecule has 0 aliphatic carbocycles. The van der Waals surface area contributed by atoms with Crippen molar-refractivity contribution in [1.29, 1.82) is 0 Å². The third kappa shape index (κ3) is 4.26. The van der Waals surface area contributed by atoms with Crippen LogP contribution in [0, 0.1) is 0 Å². The summed E-state index contributed by atoms with van der Waals surface area (Å²) < 4.78 is 26.9. The molecule has 5 atom stereocenters. The molecular weight excluding hydrogens is 436 g/mol. The number of hydrogen-bond acceptors (Lipinski definition) is 10. The van der Waals surface area contributed by atoms with Gasteiger partial charge in [0.15, 0.2) is 23.9 Å². The highest BCUT2D eigenvalue weighted by atomic mass is 16.7. The molecule has 1 aromatic heterocycles. The molecule has 1 aliphatic heterocycles. The predicted molar refractivity (Wildman–Crippen MR) is 115 cm³/mol. The molecule has 0 saturated carbocycles. The fourth-order valence-electron chi connectivity index (χ4n) is 3.70. The monoisotopic (exact) mass is 460 g/mol. The second kappa shape index (κ2) is 9.38. The Morgan fingerprint density at radius 1 is 0.970 bits per heavy atom.